The van der Waals surface area contributed by atoms with Crippen LogP contribution in [0.5, 0.6) is 5.75 Å². The van der Waals surface area contributed by atoms with E-state index in [2.05, 4.69) is 62.9 Å². The molecule has 3 nitrogen and oxygen atoms in total. The molecule has 1 aliphatic carbocycles. The van der Waals surface area contributed by atoms with Crippen molar-refractivity contribution in [2.45, 2.75) is 61.9 Å². The van der Waals surface area contributed by atoms with Crippen molar-refractivity contribution in [2.75, 3.05) is 4.90 Å². The number of nitrogens with zero attached hydrogens (tertiary/aromatic N) is 1. The summed E-state index contributed by atoms with van der Waals surface area (Å²) in [6.45, 7) is 0. The Labute approximate surface area is 202 Å². The maximum absolute atomic E-state index is 12.4. The Kier molecular flexibility index (Phi) is 6.75. The van der Waals surface area contributed by atoms with Gasteiger partial charge in [-0.25, -0.2) is 0 Å². The van der Waals surface area contributed by atoms with Gasteiger partial charge in [-0.1, -0.05) is 36.4 Å². The largest absolute Gasteiger partial charge is 0.573 e. The van der Waals surface area contributed by atoms with Crippen molar-refractivity contribution in [3.05, 3.63) is 83.9 Å². The molecular formula is C27H27F3N2OS. The molecule has 0 aromatic heterocycles. The van der Waals surface area contributed by atoms with Crippen molar-refractivity contribution in [3.8, 4) is 5.75 Å². The number of hydrogen-bond donors (Lipinski definition) is 1. The molecule has 1 saturated carbocycles. The third-order valence-electron chi connectivity index (χ3n) is 6.58. The van der Waals surface area contributed by atoms with Crippen LogP contribution in [0.1, 0.15) is 36.8 Å². The van der Waals surface area contributed by atoms with Crippen LogP contribution < -0.4 is 14.4 Å². The fourth-order valence-corrected chi connectivity index (χ4v) is 5.86. The second-order valence-electron chi connectivity index (χ2n) is 8.88. The minimum atomic E-state index is -4.67. The zero-order valence-electron chi connectivity index (χ0n) is 18.7. The minimum absolute atomic E-state index is 0.201. The van der Waals surface area contributed by atoms with Gasteiger partial charge in [0.15, 0.2) is 0 Å². The van der Waals surface area contributed by atoms with Gasteiger partial charge in [-0.15, -0.1) is 13.2 Å². The molecule has 2 atom stereocenters. The lowest BCUT2D eigenvalue weighted by Gasteiger charge is -2.40. The highest BCUT2D eigenvalue weighted by Crippen LogP contribution is 2.41. The first-order chi connectivity index (χ1) is 16.5. The zero-order valence-corrected chi connectivity index (χ0v) is 19.5. The van der Waals surface area contributed by atoms with Crippen molar-refractivity contribution in [3.63, 3.8) is 0 Å². The molecule has 3 aromatic rings. The molecule has 0 radical (unpaired) electrons. The Balaban J connectivity index is 1.29. The first-order valence-electron chi connectivity index (χ1n) is 11.7. The lowest BCUT2D eigenvalue weighted by Crippen LogP contribution is -2.41. The number of ether oxygens (including phenoxy) is 1. The molecule has 3 aromatic carbocycles. The van der Waals surface area contributed by atoms with Crippen molar-refractivity contribution in [1.82, 2.24) is 4.72 Å². The SMILES string of the molecule is FC(F)(F)Oc1ccc(SNC2CCCC(N3c4ccccc4CCc4ccccc43)C2)cc1. The average molecular weight is 485 g/mol. The summed E-state index contributed by atoms with van der Waals surface area (Å²) in [5.41, 5.74) is 5.41. The third kappa shape index (κ3) is 5.36. The monoisotopic (exact) mass is 484 g/mol. The number of alkyl halides is 3. The van der Waals surface area contributed by atoms with Gasteiger partial charge in [0, 0.05) is 28.4 Å². The second-order valence-corrected chi connectivity index (χ2v) is 9.80. The summed E-state index contributed by atoms with van der Waals surface area (Å²) in [6, 6.07) is 24.2. The summed E-state index contributed by atoms with van der Waals surface area (Å²) in [5.74, 6) is -0.201. The van der Waals surface area contributed by atoms with E-state index in [-0.39, 0.29) is 5.75 Å². The van der Waals surface area contributed by atoms with E-state index in [0.29, 0.717) is 12.1 Å². The van der Waals surface area contributed by atoms with Crippen LogP contribution in [0.15, 0.2) is 77.7 Å². The van der Waals surface area contributed by atoms with E-state index < -0.39 is 6.36 Å². The summed E-state index contributed by atoms with van der Waals surface area (Å²) in [5, 5.41) is 0. The molecule has 0 bridgehead atoms. The summed E-state index contributed by atoms with van der Waals surface area (Å²) in [7, 11) is 0. The van der Waals surface area contributed by atoms with Gasteiger partial charge < -0.3 is 9.64 Å². The summed E-state index contributed by atoms with van der Waals surface area (Å²) < 4.78 is 44.7. The predicted molar refractivity (Wildman–Crippen MR) is 131 cm³/mol. The highest BCUT2D eigenvalue weighted by molar-refractivity contribution is 7.97. The summed E-state index contributed by atoms with van der Waals surface area (Å²) >= 11 is 1.47. The van der Waals surface area contributed by atoms with Crippen molar-refractivity contribution in [2.24, 2.45) is 0 Å². The fourth-order valence-electron chi connectivity index (χ4n) is 5.07. The highest BCUT2D eigenvalue weighted by Gasteiger charge is 2.32. The van der Waals surface area contributed by atoms with Gasteiger partial charge in [0.25, 0.3) is 0 Å². The Bertz CT molecular complexity index is 1070. The number of halogens is 3. The molecule has 5 rings (SSSR count). The van der Waals surface area contributed by atoms with Crippen LogP contribution in [0.4, 0.5) is 24.5 Å². The highest BCUT2D eigenvalue weighted by atomic mass is 32.2. The molecule has 7 heteroatoms. The zero-order chi connectivity index (χ0) is 23.5. The minimum Gasteiger partial charge on any atom is -0.406 e. The molecule has 178 valence electrons. The molecular weight excluding hydrogens is 457 g/mol. The van der Waals surface area contributed by atoms with Gasteiger partial charge in [0.1, 0.15) is 5.75 Å². The number of hydrogen-bond acceptors (Lipinski definition) is 4. The number of benzene rings is 3. The summed E-state index contributed by atoms with van der Waals surface area (Å²) in [4.78, 5) is 3.42. The van der Waals surface area contributed by atoms with Crippen molar-refractivity contribution >= 4 is 23.3 Å². The number of fused-ring (bicyclic) bond motifs is 2. The second kappa shape index (κ2) is 9.92. The Morgan fingerprint density at radius 3 is 2.06 bits per heavy atom. The number of para-hydroxylation sites is 2. The Hall–Kier alpha value is -2.64. The van der Waals surface area contributed by atoms with Gasteiger partial charge >= 0.3 is 6.36 Å². The van der Waals surface area contributed by atoms with Crippen LogP contribution >= 0.6 is 11.9 Å². The van der Waals surface area contributed by atoms with Crippen LogP contribution in [0, 0.1) is 0 Å². The molecule has 1 heterocycles. The van der Waals surface area contributed by atoms with Crippen LogP contribution in [-0.2, 0) is 12.8 Å². The number of anilines is 2. The molecule has 2 unspecified atom stereocenters. The normalized spacial score (nSPS) is 20.3. The van der Waals surface area contributed by atoms with Crippen molar-refractivity contribution < 1.29 is 17.9 Å². The van der Waals surface area contributed by atoms with Crippen LogP contribution in [-0.4, -0.2) is 18.4 Å². The van der Waals surface area contributed by atoms with Gasteiger partial charge in [-0.2, -0.15) is 0 Å². The Morgan fingerprint density at radius 2 is 1.44 bits per heavy atom. The number of nitrogens with one attached hydrogen (secondary N) is 1. The molecule has 2 aliphatic rings. The predicted octanol–water partition coefficient (Wildman–Crippen LogP) is 7.43. The van der Waals surface area contributed by atoms with Crippen molar-refractivity contribution in [1.29, 1.82) is 0 Å². The van der Waals surface area contributed by atoms with E-state index in [0.717, 1.165) is 43.4 Å². The molecule has 1 N–H and O–H groups in total. The molecule has 1 aliphatic heterocycles. The summed E-state index contributed by atoms with van der Waals surface area (Å²) in [6.07, 6.45) is 1.76. The molecule has 34 heavy (non-hydrogen) atoms. The number of aryl methyl sites for hydroxylation is 2. The topological polar surface area (TPSA) is 24.5 Å². The smallest absolute Gasteiger partial charge is 0.406 e. The van der Waals surface area contributed by atoms with E-state index >= 15 is 0 Å². The fraction of sp³-hybridized carbons (Fsp3) is 0.333. The lowest BCUT2D eigenvalue weighted by molar-refractivity contribution is -0.274. The quantitative estimate of drug-likeness (QED) is 0.381. The number of rotatable bonds is 5. The first kappa shape index (κ1) is 23.1. The van der Waals surface area contributed by atoms with Gasteiger partial charge in [0.05, 0.1) is 0 Å². The van der Waals surface area contributed by atoms with E-state index in [1.807, 2.05) is 0 Å². The van der Waals surface area contributed by atoms with Gasteiger partial charge in [-0.05, 0) is 98.0 Å². The maximum atomic E-state index is 12.4. The van der Waals surface area contributed by atoms with Gasteiger partial charge in [0.2, 0.25) is 0 Å². The van der Waals surface area contributed by atoms with Crippen LogP contribution in [0.25, 0.3) is 0 Å². The lowest BCUT2D eigenvalue weighted by atomic mass is 9.89. The molecule has 0 saturated heterocycles. The molecule has 0 spiro atoms. The average Bonchev–Trinajstić information content (AvgIpc) is 3.00. The van der Waals surface area contributed by atoms with E-state index in [4.69, 9.17) is 0 Å². The maximum Gasteiger partial charge on any atom is 0.573 e. The molecule has 0 amide bonds. The standard InChI is InChI=1S/C27H27F3N2OS/c28-27(29,30)33-23-14-16-24(17-15-23)34-31-21-8-5-9-22(18-21)32-25-10-3-1-6-19(25)12-13-20-7-2-4-11-26(20)32/h1-4,6-7,10-11,14-17,21-22,31H,5,8-9,12-13,18H2. The third-order valence-corrected chi connectivity index (χ3v) is 7.54. The van der Waals surface area contributed by atoms with Crippen LogP contribution in [0.3, 0.4) is 0 Å². The van der Waals surface area contributed by atoms with E-state index in [9.17, 15) is 13.2 Å². The molecule has 1 fully saturated rings. The van der Waals surface area contributed by atoms with Crippen LogP contribution in [0.2, 0.25) is 0 Å². The van der Waals surface area contributed by atoms with Gasteiger partial charge in [-0.3, -0.25) is 4.72 Å². The van der Waals surface area contributed by atoms with E-state index in [1.165, 1.54) is 46.6 Å². The Morgan fingerprint density at radius 1 is 0.824 bits per heavy atom. The van der Waals surface area contributed by atoms with E-state index in [1.54, 1.807) is 12.1 Å². The first-order valence-corrected chi connectivity index (χ1v) is 12.5.